The van der Waals surface area contributed by atoms with E-state index in [1.165, 1.54) is 0 Å². The topological polar surface area (TPSA) is 82.4 Å². The molecule has 7 nitrogen and oxygen atoms in total. The number of rotatable bonds is 2. The summed E-state index contributed by atoms with van der Waals surface area (Å²) in [6.07, 6.45) is 2.33. The molecule has 2 aromatic rings. The average Bonchev–Trinajstić information content (AvgIpc) is 3.16. The molecule has 1 amide bonds. The number of amides is 1. The van der Waals surface area contributed by atoms with Gasteiger partial charge >= 0.3 is 6.09 Å². The number of aromatic nitrogens is 2. The van der Waals surface area contributed by atoms with Crippen LogP contribution in [0, 0.1) is 23.2 Å². The van der Waals surface area contributed by atoms with Gasteiger partial charge in [-0.05, 0) is 51.2 Å². The second kappa shape index (κ2) is 8.35. The van der Waals surface area contributed by atoms with E-state index < -0.39 is 5.60 Å². The van der Waals surface area contributed by atoms with E-state index in [-0.39, 0.29) is 6.09 Å². The van der Waals surface area contributed by atoms with E-state index >= 15 is 0 Å². The molecule has 8 heteroatoms. The first-order valence-electron chi connectivity index (χ1n) is 10.5. The maximum Gasteiger partial charge on any atom is 0.410 e. The van der Waals surface area contributed by atoms with Crippen LogP contribution >= 0.6 is 11.6 Å². The third-order valence-corrected chi connectivity index (χ3v) is 6.03. The van der Waals surface area contributed by atoms with E-state index in [0.29, 0.717) is 47.2 Å². The van der Waals surface area contributed by atoms with Gasteiger partial charge in [0, 0.05) is 31.7 Å². The van der Waals surface area contributed by atoms with Crippen LogP contribution in [0.3, 0.4) is 0 Å². The van der Waals surface area contributed by atoms with E-state index in [1.807, 2.05) is 37.8 Å². The number of fused-ring (bicyclic) bond motifs is 1. The standard InChI is InChI=1S/C23H26ClN5O2/c1-23(2,3)31-22(30)28-9-8-17-12-29(14-18(17)13-28)21-26-11-19(24)20(27-21)16-6-4-15(10-25)5-7-16/h4-7,11,17-18H,8-9,12-14H2,1-3H3. The number of carbonyl (C=O) groups excluding carboxylic acids is 1. The highest BCUT2D eigenvalue weighted by Gasteiger charge is 2.40. The fraction of sp³-hybridized carbons (Fsp3) is 0.478. The number of piperidine rings is 1. The lowest BCUT2D eigenvalue weighted by Crippen LogP contribution is -2.45. The SMILES string of the molecule is CC(C)(C)OC(=O)N1CCC2CN(c3ncc(Cl)c(-c4ccc(C#N)cc4)n3)CC2C1. The summed E-state index contributed by atoms with van der Waals surface area (Å²) in [5.74, 6) is 1.50. The van der Waals surface area contributed by atoms with Gasteiger partial charge in [-0.25, -0.2) is 14.8 Å². The van der Waals surface area contributed by atoms with Crippen molar-refractivity contribution in [1.29, 1.82) is 5.26 Å². The van der Waals surface area contributed by atoms with E-state index in [4.69, 9.17) is 26.6 Å². The lowest BCUT2D eigenvalue weighted by atomic mass is 9.89. The van der Waals surface area contributed by atoms with E-state index in [0.717, 1.165) is 25.1 Å². The van der Waals surface area contributed by atoms with Gasteiger partial charge in [0.25, 0.3) is 0 Å². The maximum atomic E-state index is 12.5. The highest BCUT2D eigenvalue weighted by molar-refractivity contribution is 6.32. The Morgan fingerprint density at radius 1 is 1.19 bits per heavy atom. The molecule has 2 fully saturated rings. The molecule has 2 saturated heterocycles. The van der Waals surface area contributed by atoms with Gasteiger partial charge < -0.3 is 14.5 Å². The van der Waals surface area contributed by atoms with Crippen LogP contribution in [0.1, 0.15) is 32.8 Å². The minimum absolute atomic E-state index is 0.241. The van der Waals surface area contributed by atoms with Crippen molar-refractivity contribution in [3.8, 4) is 17.3 Å². The van der Waals surface area contributed by atoms with Crippen LogP contribution in [0.4, 0.5) is 10.7 Å². The second-order valence-corrected chi connectivity index (χ2v) is 9.60. The monoisotopic (exact) mass is 439 g/mol. The summed E-state index contributed by atoms with van der Waals surface area (Å²) in [4.78, 5) is 25.7. The number of halogens is 1. The van der Waals surface area contributed by atoms with Crippen molar-refractivity contribution in [3.63, 3.8) is 0 Å². The van der Waals surface area contributed by atoms with Crippen molar-refractivity contribution in [3.05, 3.63) is 41.0 Å². The quantitative estimate of drug-likeness (QED) is 0.691. The van der Waals surface area contributed by atoms with E-state index in [2.05, 4.69) is 16.0 Å². The third-order valence-electron chi connectivity index (χ3n) is 5.75. The number of benzene rings is 1. The lowest BCUT2D eigenvalue weighted by molar-refractivity contribution is 0.0140. The van der Waals surface area contributed by atoms with Gasteiger partial charge in [0.05, 0.1) is 28.5 Å². The molecule has 1 aromatic heterocycles. The molecule has 2 unspecified atom stereocenters. The molecular formula is C23H26ClN5O2. The van der Waals surface area contributed by atoms with Gasteiger partial charge in [-0.15, -0.1) is 0 Å². The van der Waals surface area contributed by atoms with Crippen molar-refractivity contribution < 1.29 is 9.53 Å². The largest absolute Gasteiger partial charge is 0.444 e. The first-order valence-corrected chi connectivity index (χ1v) is 10.9. The minimum atomic E-state index is -0.491. The Morgan fingerprint density at radius 3 is 2.58 bits per heavy atom. The maximum absolute atomic E-state index is 12.5. The Kier molecular flexibility index (Phi) is 5.76. The normalized spacial score (nSPS) is 20.9. The molecule has 0 aliphatic carbocycles. The zero-order valence-corrected chi connectivity index (χ0v) is 18.8. The summed E-state index contributed by atoms with van der Waals surface area (Å²) in [6, 6.07) is 9.32. The van der Waals surface area contributed by atoms with Gasteiger partial charge in [-0.3, -0.25) is 0 Å². The highest BCUT2D eigenvalue weighted by atomic mass is 35.5. The van der Waals surface area contributed by atoms with Crippen molar-refractivity contribution >= 4 is 23.6 Å². The number of hydrogen-bond donors (Lipinski definition) is 0. The van der Waals surface area contributed by atoms with Crippen molar-refractivity contribution in [2.45, 2.75) is 32.8 Å². The molecule has 31 heavy (non-hydrogen) atoms. The molecule has 1 aromatic carbocycles. The minimum Gasteiger partial charge on any atom is -0.444 e. The Balaban J connectivity index is 1.48. The molecular weight excluding hydrogens is 414 g/mol. The predicted octanol–water partition coefficient (Wildman–Crippen LogP) is 4.36. The van der Waals surface area contributed by atoms with Gasteiger partial charge in [0.15, 0.2) is 0 Å². The molecule has 2 atom stereocenters. The number of carbonyl (C=O) groups is 1. The van der Waals surface area contributed by atoms with Crippen LogP contribution in [-0.2, 0) is 4.74 Å². The molecule has 162 valence electrons. The van der Waals surface area contributed by atoms with Crippen LogP contribution in [0.25, 0.3) is 11.3 Å². The summed E-state index contributed by atoms with van der Waals surface area (Å²) in [6.45, 7) is 8.71. The molecule has 0 saturated carbocycles. The number of nitrogens with zero attached hydrogens (tertiary/aromatic N) is 5. The Morgan fingerprint density at radius 2 is 1.90 bits per heavy atom. The van der Waals surface area contributed by atoms with Gasteiger partial charge in [-0.2, -0.15) is 5.26 Å². The molecule has 3 heterocycles. The molecule has 0 bridgehead atoms. The number of likely N-dealkylation sites (tertiary alicyclic amines) is 1. The van der Waals surface area contributed by atoms with Crippen molar-refractivity contribution in [2.75, 3.05) is 31.1 Å². The summed E-state index contributed by atoms with van der Waals surface area (Å²) < 4.78 is 5.55. The van der Waals surface area contributed by atoms with E-state index in [9.17, 15) is 4.79 Å². The molecule has 0 N–H and O–H groups in total. The number of nitriles is 1. The number of anilines is 1. The second-order valence-electron chi connectivity index (χ2n) is 9.20. The average molecular weight is 440 g/mol. The Bertz CT molecular complexity index is 1010. The van der Waals surface area contributed by atoms with Crippen LogP contribution in [0.5, 0.6) is 0 Å². The number of ether oxygens (including phenoxy) is 1. The summed E-state index contributed by atoms with van der Waals surface area (Å²) >= 11 is 6.37. The van der Waals surface area contributed by atoms with Crippen LogP contribution in [0.2, 0.25) is 5.02 Å². The van der Waals surface area contributed by atoms with Crippen molar-refractivity contribution in [2.24, 2.45) is 11.8 Å². The number of hydrogen-bond acceptors (Lipinski definition) is 6. The van der Waals surface area contributed by atoms with Crippen LogP contribution < -0.4 is 4.90 Å². The highest BCUT2D eigenvalue weighted by Crippen LogP contribution is 2.35. The lowest BCUT2D eigenvalue weighted by Gasteiger charge is -2.35. The van der Waals surface area contributed by atoms with Crippen molar-refractivity contribution in [1.82, 2.24) is 14.9 Å². The van der Waals surface area contributed by atoms with Crippen LogP contribution in [-0.4, -0.2) is 52.7 Å². The smallest absolute Gasteiger partial charge is 0.410 e. The summed E-state index contributed by atoms with van der Waals surface area (Å²) in [5, 5.41) is 9.48. The fourth-order valence-electron chi connectivity index (χ4n) is 4.24. The zero-order valence-electron chi connectivity index (χ0n) is 18.0. The Hall–Kier alpha value is -2.85. The molecule has 0 spiro atoms. The van der Waals surface area contributed by atoms with Gasteiger partial charge in [0.1, 0.15) is 5.60 Å². The predicted molar refractivity (Wildman–Crippen MR) is 119 cm³/mol. The zero-order chi connectivity index (χ0) is 22.2. The Labute approximate surface area is 187 Å². The molecule has 2 aliphatic rings. The summed E-state index contributed by atoms with van der Waals surface area (Å²) in [5.41, 5.74) is 1.60. The first kappa shape index (κ1) is 21.4. The molecule has 4 rings (SSSR count). The van der Waals surface area contributed by atoms with Gasteiger partial charge in [0.2, 0.25) is 5.95 Å². The summed E-state index contributed by atoms with van der Waals surface area (Å²) in [7, 11) is 0. The first-order chi connectivity index (χ1) is 14.7. The van der Waals surface area contributed by atoms with Gasteiger partial charge in [-0.1, -0.05) is 23.7 Å². The molecule has 0 radical (unpaired) electrons. The fourth-order valence-corrected chi connectivity index (χ4v) is 4.44. The van der Waals surface area contributed by atoms with Crippen LogP contribution in [0.15, 0.2) is 30.5 Å². The van der Waals surface area contributed by atoms with E-state index in [1.54, 1.807) is 18.3 Å². The molecule has 2 aliphatic heterocycles. The third kappa shape index (κ3) is 4.75.